The fourth-order valence-electron chi connectivity index (χ4n) is 2.06. The highest BCUT2D eigenvalue weighted by Crippen LogP contribution is 2.20. The molecule has 0 aromatic heterocycles. The lowest BCUT2D eigenvalue weighted by atomic mass is 9.98. The van der Waals surface area contributed by atoms with Crippen LogP contribution in [-0.4, -0.2) is 13.1 Å². The van der Waals surface area contributed by atoms with E-state index in [-0.39, 0.29) is 0 Å². The number of nitrogens with one attached hydrogen (secondary N) is 1. The van der Waals surface area contributed by atoms with Crippen molar-refractivity contribution in [1.82, 2.24) is 5.32 Å². The second-order valence-electron chi connectivity index (χ2n) is 4.13. The van der Waals surface area contributed by atoms with Gasteiger partial charge in [-0.15, -0.1) is 0 Å². The highest BCUT2D eigenvalue weighted by molar-refractivity contribution is 5.66. The van der Waals surface area contributed by atoms with Gasteiger partial charge < -0.3 is 5.32 Å². The number of benzene rings is 1. The van der Waals surface area contributed by atoms with E-state index in [1.54, 1.807) is 0 Å². The Kier molecular flexibility index (Phi) is 6.64. The van der Waals surface area contributed by atoms with Gasteiger partial charge in [-0.05, 0) is 36.1 Å². The zero-order valence-corrected chi connectivity index (χ0v) is 11.4. The molecule has 0 atom stereocenters. The molecular formula is C16H25N. The summed E-state index contributed by atoms with van der Waals surface area (Å²) >= 11 is 0. The van der Waals surface area contributed by atoms with E-state index in [1.807, 2.05) is 13.8 Å². The smallest absolute Gasteiger partial charge is 0.0140 e. The average molecular weight is 231 g/mol. The zero-order chi connectivity index (χ0) is 12.5. The maximum absolute atomic E-state index is 3.34. The second-order valence-corrected chi connectivity index (χ2v) is 4.13. The molecule has 94 valence electrons. The van der Waals surface area contributed by atoms with Crippen LogP contribution in [0, 0.1) is 0 Å². The predicted molar refractivity (Wildman–Crippen MR) is 77.2 cm³/mol. The Bertz CT molecular complexity index is 335. The molecule has 17 heavy (non-hydrogen) atoms. The summed E-state index contributed by atoms with van der Waals surface area (Å²) in [6.07, 6.45) is 5.89. The van der Waals surface area contributed by atoms with Gasteiger partial charge in [0.1, 0.15) is 0 Å². The van der Waals surface area contributed by atoms with Crippen LogP contribution in [-0.2, 0) is 6.42 Å². The molecule has 0 saturated carbocycles. The molecule has 1 aliphatic rings. The summed E-state index contributed by atoms with van der Waals surface area (Å²) < 4.78 is 0. The minimum absolute atomic E-state index is 1.02. The van der Waals surface area contributed by atoms with E-state index >= 15 is 0 Å². The molecule has 0 amide bonds. The maximum atomic E-state index is 3.34. The molecule has 1 aromatic rings. The lowest BCUT2D eigenvalue weighted by Crippen LogP contribution is -2.19. The van der Waals surface area contributed by atoms with E-state index in [4.69, 9.17) is 0 Å². The van der Waals surface area contributed by atoms with Crippen molar-refractivity contribution in [3.05, 3.63) is 41.5 Å². The van der Waals surface area contributed by atoms with Gasteiger partial charge in [0.25, 0.3) is 0 Å². The summed E-state index contributed by atoms with van der Waals surface area (Å²) in [5.74, 6) is 0. The van der Waals surface area contributed by atoms with Gasteiger partial charge in [0.05, 0.1) is 0 Å². The quantitative estimate of drug-likeness (QED) is 0.827. The first-order valence-electron chi connectivity index (χ1n) is 6.89. The standard InChI is InChI=1S/C14H19N.C2H6/c1-2-3-12-4-6-13(7-5-12)14-8-10-15-11-9-14;1-2/h4-8,15H,2-3,9-11H2,1H3;1-2H3. The van der Waals surface area contributed by atoms with E-state index < -0.39 is 0 Å². The SMILES string of the molecule is CC.CCCc1ccc(C2=CCNCC2)cc1. The van der Waals surface area contributed by atoms with Crippen LogP contribution in [0.2, 0.25) is 0 Å². The van der Waals surface area contributed by atoms with Crippen LogP contribution in [0.15, 0.2) is 30.3 Å². The number of hydrogen-bond donors (Lipinski definition) is 1. The van der Waals surface area contributed by atoms with Gasteiger partial charge in [0.15, 0.2) is 0 Å². The fourth-order valence-corrected chi connectivity index (χ4v) is 2.06. The minimum atomic E-state index is 1.02. The molecule has 1 heteroatoms. The summed E-state index contributed by atoms with van der Waals surface area (Å²) in [5, 5.41) is 3.34. The molecule has 0 radical (unpaired) electrons. The molecule has 1 nitrogen and oxygen atoms in total. The van der Waals surface area contributed by atoms with Crippen LogP contribution in [0.3, 0.4) is 0 Å². The Morgan fingerprint density at radius 1 is 1.12 bits per heavy atom. The lowest BCUT2D eigenvalue weighted by molar-refractivity contribution is 0.738. The van der Waals surface area contributed by atoms with Crippen molar-refractivity contribution in [3.8, 4) is 0 Å². The van der Waals surface area contributed by atoms with Gasteiger partial charge in [-0.2, -0.15) is 0 Å². The first-order valence-corrected chi connectivity index (χ1v) is 6.89. The van der Waals surface area contributed by atoms with Crippen molar-refractivity contribution in [2.24, 2.45) is 0 Å². The maximum Gasteiger partial charge on any atom is 0.0140 e. The summed E-state index contributed by atoms with van der Waals surface area (Å²) in [7, 11) is 0. The third kappa shape index (κ3) is 4.35. The van der Waals surface area contributed by atoms with Gasteiger partial charge in [0, 0.05) is 6.54 Å². The summed E-state index contributed by atoms with van der Waals surface area (Å²) in [6, 6.07) is 9.06. The van der Waals surface area contributed by atoms with Crippen molar-refractivity contribution < 1.29 is 0 Å². The molecule has 0 spiro atoms. The zero-order valence-electron chi connectivity index (χ0n) is 11.4. The number of rotatable bonds is 3. The Morgan fingerprint density at radius 3 is 2.35 bits per heavy atom. The van der Waals surface area contributed by atoms with Crippen LogP contribution in [0.5, 0.6) is 0 Å². The van der Waals surface area contributed by atoms with Crippen molar-refractivity contribution >= 4 is 5.57 Å². The van der Waals surface area contributed by atoms with Gasteiger partial charge in [0.2, 0.25) is 0 Å². The van der Waals surface area contributed by atoms with Gasteiger partial charge in [-0.1, -0.05) is 57.5 Å². The Balaban J connectivity index is 0.000000686. The van der Waals surface area contributed by atoms with E-state index in [0.29, 0.717) is 0 Å². The molecule has 1 aromatic carbocycles. The molecule has 1 N–H and O–H groups in total. The second kappa shape index (κ2) is 8.08. The highest BCUT2D eigenvalue weighted by atomic mass is 14.8. The molecule has 0 unspecified atom stereocenters. The monoisotopic (exact) mass is 231 g/mol. The molecule has 2 rings (SSSR count). The number of aryl methyl sites for hydroxylation is 1. The largest absolute Gasteiger partial charge is 0.313 e. The highest BCUT2D eigenvalue weighted by Gasteiger charge is 2.04. The normalized spacial score (nSPS) is 14.6. The van der Waals surface area contributed by atoms with Crippen LogP contribution in [0.25, 0.3) is 5.57 Å². The number of hydrogen-bond acceptors (Lipinski definition) is 1. The van der Waals surface area contributed by atoms with Crippen molar-refractivity contribution in [3.63, 3.8) is 0 Å². The first-order chi connectivity index (χ1) is 8.40. The predicted octanol–water partition coefficient (Wildman–Crippen LogP) is 4.04. The van der Waals surface area contributed by atoms with Gasteiger partial charge in [-0.3, -0.25) is 0 Å². The van der Waals surface area contributed by atoms with Crippen LogP contribution >= 0.6 is 0 Å². The minimum Gasteiger partial charge on any atom is -0.313 e. The Morgan fingerprint density at radius 2 is 1.82 bits per heavy atom. The molecular weight excluding hydrogens is 206 g/mol. The Hall–Kier alpha value is -1.08. The lowest BCUT2D eigenvalue weighted by Gasteiger charge is -2.14. The van der Waals surface area contributed by atoms with Crippen LogP contribution < -0.4 is 5.32 Å². The molecule has 1 heterocycles. The molecule has 0 fully saturated rings. The third-order valence-corrected chi connectivity index (χ3v) is 2.93. The van der Waals surface area contributed by atoms with Gasteiger partial charge >= 0.3 is 0 Å². The molecule has 1 aliphatic heterocycles. The van der Waals surface area contributed by atoms with Crippen LogP contribution in [0.1, 0.15) is 44.7 Å². The third-order valence-electron chi connectivity index (χ3n) is 2.93. The summed E-state index contributed by atoms with van der Waals surface area (Å²) in [5.41, 5.74) is 4.35. The molecule has 0 saturated heterocycles. The summed E-state index contributed by atoms with van der Waals surface area (Å²) in [4.78, 5) is 0. The van der Waals surface area contributed by atoms with E-state index in [0.717, 1.165) is 19.5 Å². The van der Waals surface area contributed by atoms with Crippen molar-refractivity contribution in [1.29, 1.82) is 0 Å². The average Bonchev–Trinajstić information content (AvgIpc) is 2.43. The fraction of sp³-hybridized carbons (Fsp3) is 0.500. The van der Waals surface area contributed by atoms with Crippen molar-refractivity contribution in [2.45, 2.75) is 40.0 Å². The summed E-state index contributed by atoms with van der Waals surface area (Å²) in [6.45, 7) is 8.36. The van der Waals surface area contributed by atoms with E-state index in [1.165, 1.54) is 29.5 Å². The van der Waals surface area contributed by atoms with Crippen molar-refractivity contribution in [2.75, 3.05) is 13.1 Å². The first kappa shape index (κ1) is 14.0. The topological polar surface area (TPSA) is 12.0 Å². The Labute approximate surface area is 106 Å². The van der Waals surface area contributed by atoms with Gasteiger partial charge in [-0.25, -0.2) is 0 Å². The van der Waals surface area contributed by atoms with E-state index in [2.05, 4.69) is 42.6 Å². The molecule has 0 bridgehead atoms. The van der Waals surface area contributed by atoms with Crippen LogP contribution in [0.4, 0.5) is 0 Å². The van der Waals surface area contributed by atoms with E-state index in [9.17, 15) is 0 Å². The molecule has 0 aliphatic carbocycles.